The molecule has 0 heterocycles. The summed E-state index contributed by atoms with van der Waals surface area (Å²) >= 11 is 11.7. The molecule has 0 spiro atoms. The summed E-state index contributed by atoms with van der Waals surface area (Å²) in [4.78, 5) is 38.1. The van der Waals surface area contributed by atoms with Crippen molar-refractivity contribution in [3.05, 3.63) is 87.4 Å². The van der Waals surface area contributed by atoms with Gasteiger partial charge in [0.25, 0.3) is 5.24 Å². The van der Waals surface area contributed by atoms with E-state index in [2.05, 4.69) is 5.32 Å². The highest BCUT2D eigenvalue weighted by Gasteiger charge is 2.35. The third kappa shape index (κ3) is 2.85. The van der Waals surface area contributed by atoms with Gasteiger partial charge in [-0.2, -0.15) is 0 Å². The van der Waals surface area contributed by atoms with Crippen LogP contribution in [0.4, 0.5) is 17.1 Å². The van der Waals surface area contributed by atoms with Crippen LogP contribution in [-0.2, 0) is 0 Å². The predicted molar refractivity (Wildman–Crippen MR) is 109 cm³/mol. The van der Waals surface area contributed by atoms with Crippen LogP contribution in [0.3, 0.4) is 0 Å². The SMILES string of the molecule is Nc1c(C(=O)Cl)cc(Nc2cccc(Cl)c2)c2c1C(=O)c1ccccc1C2=O. The Kier molecular flexibility index (Phi) is 4.41. The fraction of sp³-hybridized carbons (Fsp3) is 0. The molecule has 28 heavy (non-hydrogen) atoms. The second-order valence-electron chi connectivity index (χ2n) is 6.25. The van der Waals surface area contributed by atoms with Gasteiger partial charge in [0.2, 0.25) is 0 Å². The number of hydrogen-bond acceptors (Lipinski definition) is 5. The van der Waals surface area contributed by atoms with Crippen LogP contribution < -0.4 is 11.1 Å². The summed E-state index contributed by atoms with van der Waals surface area (Å²) in [6.07, 6.45) is 0. The van der Waals surface area contributed by atoms with Gasteiger partial charge in [0.1, 0.15) is 0 Å². The van der Waals surface area contributed by atoms with E-state index in [-0.39, 0.29) is 45.0 Å². The Morgan fingerprint density at radius 1 is 0.893 bits per heavy atom. The molecule has 1 aliphatic rings. The van der Waals surface area contributed by atoms with Gasteiger partial charge in [0, 0.05) is 21.8 Å². The van der Waals surface area contributed by atoms with E-state index >= 15 is 0 Å². The second-order valence-corrected chi connectivity index (χ2v) is 7.03. The molecule has 4 rings (SSSR count). The van der Waals surface area contributed by atoms with Crippen LogP contribution in [0.15, 0.2) is 54.6 Å². The lowest BCUT2D eigenvalue weighted by Gasteiger charge is -2.23. The molecule has 0 fully saturated rings. The van der Waals surface area contributed by atoms with Crippen molar-refractivity contribution in [3.8, 4) is 0 Å². The molecule has 0 aliphatic heterocycles. The molecular weight excluding hydrogens is 399 g/mol. The average Bonchev–Trinajstić information content (AvgIpc) is 2.67. The Hall–Kier alpha value is -3.15. The van der Waals surface area contributed by atoms with Gasteiger partial charge in [0.05, 0.1) is 28.1 Å². The Morgan fingerprint density at radius 3 is 2.14 bits per heavy atom. The van der Waals surface area contributed by atoms with Gasteiger partial charge in [-0.15, -0.1) is 0 Å². The molecule has 0 saturated carbocycles. The molecule has 0 amide bonds. The third-order valence-electron chi connectivity index (χ3n) is 4.55. The van der Waals surface area contributed by atoms with Gasteiger partial charge >= 0.3 is 0 Å². The molecule has 7 heteroatoms. The number of nitrogens with two attached hydrogens (primary N) is 1. The largest absolute Gasteiger partial charge is 0.397 e. The van der Waals surface area contributed by atoms with Crippen LogP contribution in [-0.4, -0.2) is 16.8 Å². The Labute approximate surface area is 170 Å². The maximum Gasteiger partial charge on any atom is 0.254 e. The highest BCUT2D eigenvalue weighted by molar-refractivity contribution is 6.68. The molecule has 5 nitrogen and oxygen atoms in total. The van der Waals surface area contributed by atoms with E-state index < -0.39 is 11.0 Å². The van der Waals surface area contributed by atoms with Crippen LogP contribution in [0.5, 0.6) is 0 Å². The van der Waals surface area contributed by atoms with E-state index in [4.69, 9.17) is 28.9 Å². The molecule has 0 radical (unpaired) electrons. The zero-order chi connectivity index (χ0) is 20.0. The van der Waals surface area contributed by atoms with Gasteiger partial charge in [0.15, 0.2) is 11.6 Å². The number of nitrogen functional groups attached to an aromatic ring is 1. The number of benzene rings is 3. The van der Waals surface area contributed by atoms with Crippen LogP contribution in [0.25, 0.3) is 0 Å². The zero-order valence-corrected chi connectivity index (χ0v) is 15.8. The third-order valence-corrected chi connectivity index (χ3v) is 4.99. The Balaban J connectivity index is 1.99. The summed E-state index contributed by atoms with van der Waals surface area (Å²) in [6, 6.07) is 14.7. The number of fused-ring (bicyclic) bond motifs is 2. The first-order valence-corrected chi connectivity index (χ1v) is 9.01. The summed E-state index contributed by atoms with van der Waals surface area (Å²) < 4.78 is 0. The number of rotatable bonds is 3. The van der Waals surface area contributed by atoms with Crippen molar-refractivity contribution in [1.82, 2.24) is 0 Å². The monoisotopic (exact) mass is 410 g/mol. The zero-order valence-electron chi connectivity index (χ0n) is 14.3. The van der Waals surface area contributed by atoms with E-state index in [0.717, 1.165) is 0 Å². The van der Waals surface area contributed by atoms with Crippen molar-refractivity contribution >= 4 is 57.1 Å². The van der Waals surface area contributed by atoms with Crippen molar-refractivity contribution in [2.45, 2.75) is 0 Å². The lowest BCUT2D eigenvalue weighted by molar-refractivity contribution is 0.0980. The summed E-state index contributed by atoms with van der Waals surface area (Å²) in [5.41, 5.74) is 7.32. The lowest BCUT2D eigenvalue weighted by Crippen LogP contribution is -2.24. The number of ketones is 2. The van der Waals surface area contributed by atoms with Crippen molar-refractivity contribution in [2.75, 3.05) is 11.1 Å². The van der Waals surface area contributed by atoms with Gasteiger partial charge in [-0.25, -0.2) is 0 Å². The summed E-state index contributed by atoms with van der Waals surface area (Å²) in [6.45, 7) is 0. The highest BCUT2D eigenvalue weighted by atomic mass is 35.5. The van der Waals surface area contributed by atoms with Crippen molar-refractivity contribution in [1.29, 1.82) is 0 Å². The molecule has 0 unspecified atom stereocenters. The van der Waals surface area contributed by atoms with Crippen LogP contribution in [0, 0.1) is 0 Å². The van der Waals surface area contributed by atoms with Crippen LogP contribution in [0.1, 0.15) is 42.2 Å². The van der Waals surface area contributed by atoms with Crippen LogP contribution >= 0.6 is 23.2 Å². The molecule has 3 aromatic rings. The van der Waals surface area contributed by atoms with E-state index in [1.165, 1.54) is 6.07 Å². The molecule has 3 N–H and O–H groups in total. The standard InChI is InChI=1S/C21H12Cl2N2O3/c22-10-4-3-5-11(8-10)25-15-9-14(21(23)28)18(24)17-16(15)19(26)12-6-1-2-7-13(12)20(17)27/h1-9,25H,24H2. The van der Waals surface area contributed by atoms with E-state index in [1.54, 1.807) is 48.5 Å². The normalized spacial score (nSPS) is 12.4. The minimum Gasteiger partial charge on any atom is -0.397 e. The van der Waals surface area contributed by atoms with Crippen molar-refractivity contribution in [2.24, 2.45) is 0 Å². The van der Waals surface area contributed by atoms with E-state index in [1.807, 2.05) is 0 Å². The summed E-state index contributed by atoms with van der Waals surface area (Å²) in [5.74, 6) is -0.799. The van der Waals surface area contributed by atoms with Gasteiger partial charge < -0.3 is 11.1 Å². The maximum atomic E-state index is 13.2. The summed E-state index contributed by atoms with van der Waals surface area (Å²) in [5, 5.41) is 2.71. The average molecular weight is 411 g/mol. The molecular formula is C21H12Cl2N2O3. The number of nitrogens with one attached hydrogen (secondary N) is 1. The molecule has 0 atom stereocenters. The topological polar surface area (TPSA) is 89.3 Å². The fourth-order valence-corrected chi connectivity index (χ4v) is 3.65. The minimum atomic E-state index is -0.825. The molecule has 0 aromatic heterocycles. The molecule has 3 aromatic carbocycles. The quantitative estimate of drug-likeness (QED) is 0.373. The Morgan fingerprint density at radius 2 is 1.54 bits per heavy atom. The van der Waals surface area contributed by atoms with Gasteiger partial charge in [-0.1, -0.05) is 41.9 Å². The Bertz CT molecular complexity index is 1190. The molecule has 0 saturated heterocycles. The lowest BCUT2D eigenvalue weighted by atomic mass is 9.81. The maximum absolute atomic E-state index is 13.2. The number of anilines is 3. The number of hydrogen-bond donors (Lipinski definition) is 2. The van der Waals surface area contributed by atoms with Crippen molar-refractivity contribution < 1.29 is 14.4 Å². The minimum absolute atomic E-state index is 0.0280. The first-order chi connectivity index (χ1) is 13.4. The van der Waals surface area contributed by atoms with E-state index in [9.17, 15) is 14.4 Å². The number of halogens is 2. The molecule has 0 bridgehead atoms. The number of carbonyl (C=O) groups excluding carboxylic acids is 3. The highest BCUT2D eigenvalue weighted by Crippen LogP contribution is 2.39. The number of carbonyl (C=O) groups is 3. The van der Waals surface area contributed by atoms with Gasteiger partial charge in [-0.05, 0) is 35.9 Å². The smallest absolute Gasteiger partial charge is 0.254 e. The predicted octanol–water partition coefficient (Wildman–Crippen LogP) is 4.82. The second kappa shape index (κ2) is 6.78. The van der Waals surface area contributed by atoms with Gasteiger partial charge in [-0.3, -0.25) is 14.4 Å². The first-order valence-electron chi connectivity index (χ1n) is 8.26. The molecule has 138 valence electrons. The molecule has 1 aliphatic carbocycles. The van der Waals surface area contributed by atoms with Crippen molar-refractivity contribution in [3.63, 3.8) is 0 Å². The first kappa shape index (κ1) is 18.2. The van der Waals surface area contributed by atoms with Crippen LogP contribution in [0.2, 0.25) is 5.02 Å². The van der Waals surface area contributed by atoms with E-state index in [0.29, 0.717) is 10.7 Å². The summed E-state index contributed by atoms with van der Waals surface area (Å²) in [7, 11) is 0. The fourth-order valence-electron chi connectivity index (χ4n) is 3.30.